The molecule has 1 heterocycles. The molecule has 5 nitrogen and oxygen atoms in total. The number of rotatable bonds is 6. The maximum absolute atomic E-state index is 11.7. The van der Waals surface area contributed by atoms with E-state index in [1.165, 1.54) is 0 Å². The van der Waals surface area contributed by atoms with E-state index in [0.29, 0.717) is 18.8 Å². The predicted molar refractivity (Wildman–Crippen MR) is 69.7 cm³/mol. The number of anilines is 1. The van der Waals surface area contributed by atoms with Crippen LogP contribution >= 0.6 is 0 Å². The van der Waals surface area contributed by atoms with Crippen LogP contribution in [0, 0.1) is 13.8 Å². The number of sulfonamides is 1. The van der Waals surface area contributed by atoms with Crippen molar-refractivity contribution in [3.8, 4) is 0 Å². The highest BCUT2D eigenvalue weighted by Gasteiger charge is 2.10. The summed E-state index contributed by atoms with van der Waals surface area (Å²) in [6, 6.07) is 3.63. The van der Waals surface area contributed by atoms with Crippen LogP contribution in [-0.2, 0) is 10.0 Å². The topological polar surface area (TPSA) is 71.1 Å². The Bertz CT molecular complexity index is 451. The van der Waals surface area contributed by atoms with E-state index in [2.05, 4.69) is 15.0 Å². The molecule has 0 aromatic carbocycles. The molecule has 1 rings (SSSR count). The Morgan fingerprint density at radius 3 is 2.59 bits per heavy atom. The first-order valence-electron chi connectivity index (χ1n) is 5.53. The van der Waals surface area contributed by atoms with Crippen molar-refractivity contribution in [1.29, 1.82) is 0 Å². The van der Waals surface area contributed by atoms with Gasteiger partial charge in [-0.25, -0.2) is 13.4 Å². The standard InChI is InChI=1S/C11H19N3O2S/c1-9-7-10(2)13-11(8-9)14-17(15,16)6-4-5-12-3/h7-8,12H,4-6H2,1-3H3,(H,13,14). The second-order valence-electron chi connectivity index (χ2n) is 4.05. The van der Waals surface area contributed by atoms with Crippen LogP contribution in [0.2, 0.25) is 0 Å². The Hall–Kier alpha value is -1.14. The number of nitrogens with zero attached hydrogens (tertiary/aromatic N) is 1. The number of aryl methyl sites for hydroxylation is 2. The summed E-state index contributed by atoms with van der Waals surface area (Å²) >= 11 is 0. The Kier molecular flexibility index (Phi) is 4.89. The zero-order valence-electron chi connectivity index (χ0n) is 10.4. The number of hydrogen-bond acceptors (Lipinski definition) is 4. The maximum Gasteiger partial charge on any atom is 0.233 e. The Morgan fingerprint density at radius 1 is 1.29 bits per heavy atom. The van der Waals surface area contributed by atoms with Crippen molar-refractivity contribution in [2.45, 2.75) is 20.3 Å². The van der Waals surface area contributed by atoms with E-state index < -0.39 is 10.0 Å². The fourth-order valence-electron chi connectivity index (χ4n) is 1.54. The van der Waals surface area contributed by atoms with Crippen LogP contribution in [0.15, 0.2) is 12.1 Å². The molecule has 0 atom stereocenters. The van der Waals surface area contributed by atoms with Crippen LogP contribution < -0.4 is 10.0 Å². The quantitative estimate of drug-likeness (QED) is 0.747. The highest BCUT2D eigenvalue weighted by molar-refractivity contribution is 7.92. The number of pyridine rings is 1. The minimum atomic E-state index is -3.29. The second kappa shape index (κ2) is 5.97. The van der Waals surface area contributed by atoms with Crippen molar-refractivity contribution in [3.05, 3.63) is 23.4 Å². The van der Waals surface area contributed by atoms with E-state index in [1.54, 1.807) is 13.1 Å². The van der Waals surface area contributed by atoms with Gasteiger partial charge in [0.15, 0.2) is 0 Å². The van der Waals surface area contributed by atoms with Gasteiger partial charge in [-0.3, -0.25) is 4.72 Å². The predicted octanol–water partition coefficient (Wildman–Crippen LogP) is 1.05. The molecule has 96 valence electrons. The van der Waals surface area contributed by atoms with Gasteiger partial charge in [0.1, 0.15) is 5.82 Å². The Morgan fingerprint density at radius 2 is 2.00 bits per heavy atom. The van der Waals surface area contributed by atoms with Gasteiger partial charge < -0.3 is 5.32 Å². The molecule has 0 fully saturated rings. The van der Waals surface area contributed by atoms with Crippen molar-refractivity contribution in [1.82, 2.24) is 10.3 Å². The van der Waals surface area contributed by atoms with Crippen LogP contribution in [0.25, 0.3) is 0 Å². The van der Waals surface area contributed by atoms with Crippen LogP contribution in [0.5, 0.6) is 0 Å². The van der Waals surface area contributed by atoms with E-state index in [-0.39, 0.29) is 5.75 Å². The molecule has 0 saturated carbocycles. The van der Waals surface area contributed by atoms with Crippen molar-refractivity contribution in [2.75, 3.05) is 24.1 Å². The number of aromatic nitrogens is 1. The molecule has 2 N–H and O–H groups in total. The van der Waals surface area contributed by atoms with Crippen molar-refractivity contribution < 1.29 is 8.42 Å². The Balaban J connectivity index is 2.69. The monoisotopic (exact) mass is 257 g/mol. The van der Waals surface area contributed by atoms with Gasteiger partial charge in [-0.05, 0) is 51.6 Å². The third-order valence-corrected chi connectivity index (χ3v) is 3.54. The Labute approximate surface area is 103 Å². The first-order chi connectivity index (χ1) is 7.93. The van der Waals surface area contributed by atoms with Crippen molar-refractivity contribution in [2.24, 2.45) is 0 Å². The van der Waals surface area contributed by atoms with Crippen molar-refractivity contribution >= 4 is 15.8 Å². The molecule has 0 aliphatic rings. The van der Waals surface area contributed by atoms with Gasteiger partial charge in [0.25, 0.3) is 0 Å². The van der Waals surface area contributed by atoms with Crippen LogP contribution in [0.4, 0.5) is 5.82 Å². The summed E-state index contributed by atoms with van der Waals surface area (Å²) in [6.45, 7) is 4.43. The maximum atomic E-state index is 11.7. The lowest BCUT2D eigenvalue weighted by Gasteiger charge is -2.08. The molecule has 0 amide bonds. The van der Waals surface area contributed by atoms with Crippen LogP contribution in [0.1, 0.15) is 17.7 Å². The summed E-state index contributed by atoms with van der Waals surface area (Å²) in [6.07, 6.45) is 0.580. The average molecular weight is 257 g/mol. The molecule has 0 radical (unpaired) electrons. The summed E-state index contributed by atoms with van der Waals surface area (Å²) in [5, 5.41) is 2.91. The smallest absolute Gasteiger partial charge is 0.233 e. The third kappa shape index (κ3) is 5.14. The first kappa shape index (κ1) is 13.9. The lowest BCUT2D eigenvalue weighted by molar-refractivity contribution is 0.596. The zero-order valence-corrected chi connectivity index (χ0v) is 11.3. The van der Waals surface area contributed by atoms with Gasteiger partial charge in [-0.1, -0.05) is 0 Å². The van der Waals surface area contributed by atoms with Gasteiger partial charge in [0.05, 0.1) is 5.75 Å². The second-order valence-corrected chi connectivity index (χ2v) is 5.89. The molecule has 17 heavy (non-hydrogen) atoms. The van der Waals surface area contributed by atoms with E-state index >= 15 is 0 Å². The lowest BCUT2D eigenvalue weighted by atomic mass is 10.2. The minimum Gasteiger partial charge on any atom is -0.320 e. The fourth-order valence-corrected chi connectivity index (χ4v) is 2.59. The molecule has 1 aromatic rings. The van der Waals surface area contributed by atoms with E-state index in [0.717, 1.165) is 11.3 Å². The minimum absolute atomic E-state index is 0.0997. The normalized spacial score (nSPS) is 11.5. The van der Waals surface area contributed by atoms with Crippen LogP contribution in [0.3, 0.4) is 0 Å². The largest absolute Gasteiger partial charge is 0.320 e. The summed E-state index contributed by atoms with van der Waals surface area (Å²) < 4.78 is 25.9. The fraction of sp³-hybridized carbons (Fsp3) is 0.545. The molecule has 1 aromatic heterocycles. The number of nitrogens with one attached hydrogen (secondary N) is 2. The highest BCUT2D eigenvalue weighted by Crippen LogP contribution is 2.11. The molecule has 0 aliphatic heterocycles. The zero-order chi connectivity index (χ0) is 12.9. The molecule has 0 saturated heterocycles. The first-order valence-corrected chi connectivity index (χ1v) is 7.18. The van der Waals surface area contributed by atoms with E-state index in [9.17, 15) is 8.42 Å². The molecule has 0 unspecified atom stereocenters. The summed E-state index contributed by atoms with van der Waals surface area (Å²) in [7, 11) is -1.50. The van der Waals surface area contributed by atoms with E-state index in [4.69, 9.17) is 0 Å². The van der Waals surface area contributed by atoms with Gasteiger partial charge in [-0.2, -0.15) is 0 Å². The van der Waals surface area contributed by atoms with Gasteiger partial charge in [0.2, 0.25) is 10.0 Å². The van der Waals surface area contributed by atoms with Crippen LogP contribution in [-0.4, -0.2) is 32.7 Å². The van der Waals surface area contributed by atoms with Gasteiger partial charge >= 0.3 is 0 Å². The van der Waals surface area contributed by atoms with E-state index in [1.807, 2.05) is 19.9 Å². The average Bonchev–Trinajstić information content (AvgIpc) is 2.14. The molecule has 0 spiro atoms. The SMILES string of the molecule is CNCCCS(=O)(=O)Nc1cc(C)cc(C)n1. The summed E-state index contributed by atoms with van der Waals surface area (Å²) in [4.78, 5) is 4.14. The molecule has 6 heteroatoms. The van der Waals surface area contributed by atoms with Crippen molar-refractivity contribution in [3.63, 3.8) is 0 Å². The highest BCUT2D eigenvalue weighted by atomic mass is 32.2. The molecular weight excluding hydrogens is 238 g/mol. The lowest BCUT2D eigenvalue weighted by Crippen LogP contribution is -2.20. The van der Waals surface area contributed by atoms with Gasteiger partial charge in [-0.15, -0.1) is 0 Å². The third-order valence-electron chi connectivity index (χ3n) is 2.20. The molecule has 0 aliphatic carbocycles. The number of hydrogen-bond donors (Lipinski definition) is 2. The molecule has 0 bridgehead atoms. The summed E-state index contributed by atoms with van der Waals surface area (Å²) in [5.74, 6) is 0.495. The van der Waals surface area contributed by atoms with Gasteiger partial charge in [0, 0.05) is 5.69 Å². The molecular formula is C11H19N3O2S. The summed E-state index contributed by atoms with van der Waals surface area (Å²) in [5.41, 5.74) is 1.79.